The van der Waals surface area contributed by atoms with E-state index in [1.807, 2.05) is 31.2 Å². The lowest BCUT2D eigenvalue weighted by atomic mass is 10.1. The van der Waals surface area contributed by atoms with Crippen LogP contribution in [0.5, 0.6) is 0 Å². The molecule has 20 heavy (non-hydrogen) atoms. The molecule has 0 radical (unpaired) electrons. The van der Waals surface area contributed by atoms with E-state index in [1.165, 1.54) is 0 Å². The first-order chi connectivity index (χ1) is 9.63. The molecule has 1 aromatic carbocycles. The number of rotatable bonds is 5. The molecule has 1 atom stereocenters. The van der Waals surface area contributed by atoms with E-state index >= 15 is 0 Å². The maximum absolute atomic E-state index is 12.0. The molecule has 0 spiro atoms. The Kier molecular flexibility index (Phi) is 4.90. The van der Waals surface area contributed by atoms with Crippen molar-refractivity contribution in [2.24, 2.45) is 0 Å². The van der Waals surface area contributed by atoms with Crippen LogP contribution < -0.4 is 5.32 Å². The van der Waals surface area contributed by atoms with Crippen molar-refractivity contribution in [3.05, 3.63) is 40.2 Å². The fourth-order valence-corrected chi connectivity index (χ4v) is 2.56. The van der Waals surface area contributed by atoms with Gasteiger partial charge in [0.15, 0.2) is 0 Å². The van der Waals surface area contributed by atoms with Crippen molar-refractivity contribution in [2.75, 3.05) is 0 Å². The van der Waals surface area contributed by atoms with Crippen LogP contribution in [0.15, 0.2) is 29.6 Å². The fraction of sp³-hybridized carbons (Fsp3) is 0.375. The highest BCUT2D eigenvalue weighted by molar-refractivity contribution is 7.09. The molecule has 1 N–H and O–H groups in total. The first-order valence-corrected chi connectivity index (χ1v) is 7.87. The van der Waals surface area contributed by atoms with Gasteiger partial charge in [0.25, 0.3) is 5.91 Å². The fourth-order valence-electron chi connectivity index (χ4n) is 1.81. The van der Waals surface area contributed by atoms with Gasteiger partial charge in [-0.25, -0.2) is 4.98 Å². The molecule has 0 saturated carbocycles. The van der Waals surface area contributed by atoms with Crippen LogP contribution >= 0.6 is 11.3 Å². The third-order valence-electron chi connectivity index (χ3n) is 3.29. The van der Waals surface area contributed by atoms with Crippen molar-refractivity contribution in [3.8, 4) is 11.3 Å². The number of carbonyl (C=O) groups is 1. The number of nitrogens with zero attached hydrogens (tertiary/aromatic N) is 1. The molecule has 1 heterocycles. The molecule has 1 amide bonds. The smallest absolute Gasteiger partial charge is 0.251 e. The number of nitrogens with one attached hydrogen (secondary N) is 1. The molecule has 0 aliphatic carbocycles. The Hall–Kier alpha value is -1.68. The first-order valence-electron chi connectivity index (χ1n) is 6.99. The minimum atomic E-state index is -0.0153. The lowest BCUT2D eigenvalue weighted by Gasteiger charge is -2.11. The Morgan fingerprint density at radius 2 is 2.00 bits per heavy atom. The summed E-state index contributed by atoms with van der Waals surface area (Å²) in [6, 6.07) is 7.84. The van der Waals surface area contributed by atoms with Crippen LogP contribution in [-0.4, -0.2) is 16.9 Å². The second kappa shape index (κ2) is 6.66. The topological polar surface area (TPSA) is 42.0 Å². The lowest BCUT2D eigenvalue weighted by Crippen LogP contribution is -2.31. The lowest BCUT2D eigenvalue weighted by molar-refractivity contribution is 0.0939. The standard InChI is InChI=1S/C16H20N2OS/c1-4-11(3)17-16(19)13-8-6-12(7-9-13)14-10-20-15(5-2)18-14/h6-11H,4-5H2,1-3H3,(H,17,19)/t11-/m0/s1. The largest absolute Gasteiger partial charge is 0.350 e. The SMILES string of the molecule is CCc1nc(-c2ccc(C(=O)N[C@@H](C)CC)cc2)cs1. The van der Waals surface area contributed by atoms with Gasteiger partial charge in [0, 0.05) is 22.5 Å². The monoisotopic (exact) mass is 288 g/mol. The van der Waals surface area contributed by atoms with E-state index in [1.54, 1.807) is 11.3 Å². The van der Waals surface area contributed by atoms with Crippen molar-refractivity contribution >= 4 is 17.2 Å². The van der Waals surface area contributed by atoms with E-state index in [2.05, 4.69) is 29.5 Å². The van der Waals surface area contributed by atoms with E-state index < -0.39 is 0 Å². The molecule has 0 fully saturated rings. The predicted molar refractivity (Wildman–Crippen MR) is 84.1 cm³/mol. The summed E-state index contributed by atoms with van der Waals surface area (Å²) < 4.78 is 0. The number of amides is 1. The molecule has 0 bridgehead atoms. The van der Waals surface area contributed by atoms with Gasteiger partial charge >= 0.3 is 0 Å². The summed E-state index contributed by atoms with van der Waals surface area (Å²) in [5.41, 5.74) is 2.74. The normalized spacial score (nSPS) is 12.2. The van der Waals surface area contributed by atoms with Gasteiger partial charge in [-0.15, -0.1) is 11.3 Å². The van der Waals surface area contributed by atoms with Crippen molar-refractivity contribution in [3.63, 3.8) is 0 Å². The maximum atomic E-state index is 12.0. The van der Waals surface area contributed by atoms with Gasteiger partial charge in [-0.05, 0) is 31.9 Å². The third kappa shape index (κ3) is 3.45. The second-order valence-corrected chi connectivity index (χ2v) is 5.78. The molecule has 0 saturated heterocycles. The van der Waals surface area contributed by atoms with Crippen LogP contribution in [0.2, 0.25) is 0 Å². The zero-order valence-corrected chi connectivity index (χ0v) is 13.0. The van der Waals surface area contributed by atoms with E-state index in [0.717, 1.165) is 29.1 Å². The Balaban J connectivity index is 2.11. The Morgan fingerprint density at radius 3 is 2.55 bits per heavy atom. The van der Waals surface area contributed by atoms with E-state index in [-0.39, 0.29) is 11.9 Å². The highest BCUT2D eigenvalue weighted by Gasteiger charge is 2.09. The molecular formula is C16H20N2OS. The molecule has 2 aromatic rings. The maximum Gasteiger partial charge on any atom is 0.251 e. The molecule has 0 aliphatic rings. The number of hydrogen-bond acceptors (Lipinski definition) is 3. The summed E-state index contributed by atoms with van der Waals surface area (Å²) in [6.07, 6.45) is 1.89. The summed E-state index contributed by atoms with van der Waals surface area (Å²) in [7, 11) is 0. The molecule has 0 aliphatic heterocycles. The van der Waals surface area contributed by atoms with Crippen LogP contribution in [0.1, 0.15) is 42.6 Å². The van der Waals surface area contributed by atoms with Crippen LogP contribution in [0.4, 0.5) is 0 Å². The molecule has 106 valence electrons. The highest BCUT2D eigenvalue weighted by atomic mass is 32.1. The molecule has 4 heteroatoms. The van der Waals surface area contributed by atoms with Gasteiger partial charge in [0.05, 0.1) is 10.7 Å². The summed E-state index contributed by atoms with van der Waals surface area (Å²) in [5, 5.41) is 6.17. The van der Waals surface area contributed by atoms with Gasteiger partial charge in [-0.2, -0.15) is 0 Å². The van der Waals surface area contributed by atoms with E-state index in [4.69, 9.17) is 0 Å². The number of thiazole rings is 1. The summed E-state index contributed by atoms with van der Waals surface area (Å²) >= 11 is 1.68. The first kappa shape index (κ1) is 14.7. The molecule has 0 unspecified atom stereocenters. The Morgan fingerprint density at radius 1 is 1.30 bits per heavy atom. The predicted octanol–water partition coefficient (Wildman–Crippen LogP) is 3.90. The number of hydrogen-bond donors (Lipinski definition) is 1. The number of aryl methyl sites for hydroxylation is 1. The molecule has 2 rings (SSSR count). The van der Waals surface area contributed by atoms with Crippen molar-refractivity contribution < 1.29 is 4.79 Å². The Labute approximate surface area is 124 Å². The van der Waals surface area contributed by atoms with Gasteiger partial charge in [0.2, 0.25) is 0 Å². The zero-order valence-electron chi connectivity index (χ0n) is 12.1. The van der Waals surface area contributed by atoms with Gasteiger partial charge in [-0.1, -0.05) is 26.0 Å². The average molecular weight is 288 g/mol. The molecule has 3 nitrogen and oxygen atoms in total. The number of carbonyl (C=O) groups excluding carboxylic acids is 1. The molecular weight excluding hydrogens is 268 g/mol. The van der Waals surface area contributed by atoms with Crippen LogP contribution in [0, 0.1) is 0 Å². The average Bonchev–Trinajstić information content (AvgIpc) is 2.96. The number of aromatic nitrogens is 1. The Bertz CT molecular complexity index is 574. The molecule has 1 aromatic heterocycles. The van der Waals surface area contributed by atoms with Crippen molar-refractivity contribution in [1.82, 2.24) is 10.3 Å². The van der Waals surface area contributed by atoms with Crippen LogP contribution in [-0.2, 0) is 6.42 Å². The van der Waals surface area contributed by atoms with E-state index in [0.29, 0.717) is 5.56 Å². The van der Waals surface area contributed by atoms with Gasteiger partial charge in [0.1, 0.15) is 0 Å². The highest BCUT2D eigenvalue weighted by Crippen LogP contribution is 2.22. The van der Waals surface area contributed by atoms with E-state index in [9.17, 15) is 4.79 Å². The van der Waals surface area contributed by atoms with Crippen molar-refractivity contribution in [2.45, 2.75) is 39.7 Å². The minimum absolute atomic E-state index is 0.0153. The second-order valence-electron chi connectivity index (χ2n) is 4.84. The van der Waals surface area contributed by atoms with Crippen LogP contribution in [0.25, 0.3) is 11.3 Å². The van der Waals surface area contributed by atoms with Gasteiger partial charge < -0.3 is 5.32 Å². The third-order valence-corrected chi connectivity index (χ3v) is 4.28. The summed E-state index contributed by atoms with van der Waals surface area (Å²) in [6.45, 7) is 6.17. The quantitative estimate of drug-likeness (QED) is 0.906. The summed E-state index contributed by atoms with van der Waals surface area (Å²) in [4.78, 5) is 16.5. The van der Waals surface area contributed by atoms with Crippen molar-refractivity contribution in [1.29, 1.82) is 0 Å². The summed E-state index contributed by atoms with van der Waals surface area (Å²) in [5.74, 6) is -0.0153. The number of benzene rings is 1. The zero-order chi connectivity index (χ0) is 14.5. The minimum Gasteiger partial charge on any atom is -0.350 e. The van der Waals surface area contributed by atoms with Gasteiger partial charge in [-0.3, -0.25) is 4.79 Å². The van der Waals surface area contributed by atoms with Crippen LogP contribution in [0.3, 0.4) is 0 Å².